The number of aromatic nitrogens is 1. The highest BCUT2D eigenvalue weighted by molar-refractivity contribution is 14.0. The number of aliphatic imine (C=N–C) groups is 1. The van der Waals surface area contributed by atoms with Crippen molar-refractivity contribution in [2.45, 2.75) is 25.9 Å². The van der Waals surface area contributed by atoms with Crippen LogP contribution in [0, 0.1) is 6.92 Å². The molecule has 0 fully saturated rings. The topological polar surface area (TPSA) is 75.4 Å². The highest BCUT2D eigenvalue weighted by atomic mass is 127. The summed E-state index contributed by atoms with van der Waals surface area (Å²) in [6.45, 7) is 3.31. The van der Waals surface area contributed by atoms with E-state index in [9.17, 15) is 0 Å². The van der Waals surface area contributed by atoms with Crippen molar-refractivity contribution in [3.8, 4) is 5.75 Å². The number of nitrogens with two attached hydrogens (primary N) is 1. The van der Waals surface area contributed by atoms with Gasteiger partial charge < -0.3 is 20.8 Å². The quantitative estimate of drug-likeness (QED) is 0.313. The first-order valence-electron chi connectivity index (χ1n) is 8.55. The number of rotatable bonds is 3. The summed E-state index contributed by atoms with van der Waals surface area (Å²) in [6, 6.07) is 16.7. The van der Waals surface area contributed by atoms with Crippen molar-refractivity contribution in [1.82, 2.24) is 10.3 Å². The predicted molar refractivity (Wildman–Crippen MR) is 116 cm³/mol. The van der Waals surface area contributed by atoms with Crippen molar-refractivity contribution >= 4 is 40.8 Å². The molecule has 1 atom stereocenters. The molecule has 26 heavy (non-hydrogen) atoms. The Hall–Kier alpha value is -2.22. The van der Waals surface area contributed by atoms with Crippen molar-refractivity contribution in [2.24, 2.45) is 10.7 Å². The fourth-order valence-corrected chi connectivity index (χ4v) is 3.32. The molecule has 4 rings (SSSR count). The molecule has 2 heterocycles. The molecular formula is C20H23IN4O. The van der Waals surface area contributed by atoms with E-state index in [-0.39, 0.29) is 30.0 Å². The smallest absolute Gasteiger partial charge is 0.189 e. The van der Waals surface area contributed by atoms with E-state index in [1.807, 2.05) is 18.2 Å². The Morgan fingerprint density at radius 2 is 2.12 bits per heavy atom. The average molecular weight is 462 g/mol. The molecule has 5 nitrogen and oxygen atoms in total. The van der Waals surface area contributed by atoms with Crippen molar-refractivity contribution in [3.63, 3.8) is 0 Å². The minimum atomic E-state index is 0. The third kappa shape index (κ3) is 3.95. The largest absolute Gasteiger partial charge is 0.493 e. The molecule has 1 aromatic heterocycles. The van der Waals surface area contributed by atoms with Crippen LogP contribution in [0.3, 0.4) is 0 Å². The van der Waals surface area contributed by atoms with Gasteiger partial charge in [-0.1, -0.05) is 24.3 Å². The van der Waals surface area contributed by atoms with Crippen molar-refractivity contribution in [3.05, 3.63) is 65.4 Å². The number of halogens is 1. The molecule has 0 amide bonds. The Morgan fingerprint density at radius 1 is 1.27 bits per heavy atom. The van der Waals surface area contributed by atoms with Crippen LogP contribution in [-0.2, 0) is 6.54 Å². The van der Waals surface area contributed by atoms with E-state index in [2.05, 4.69) is 52.5 Å². The van der Waals surface area contributed by atoms with Crippen LogP contribution >= 0.6 is 24.0 Å². The Balaban J connectivity index is 0.00000196. The number of hydrogen-bond donors (Lipinski definition) is 3. The van der Waals surface area contributed by atoms with Gasteiger partial charge in [0.1, 0.15) is 5.75 Å². The molecule has 1 unspecified atom stereocenters. The summed E-state index contributed by atoms with van der Waals surface area (Å²) in [7, 11) is 0. The van der Waals surface area contributed by atoms with E-state index in [0.717, 1.165) is 34.5 Å². The molecule has 4 N–H and O–H groups in total. The summed E-state index contributed by atoms with van der Waals surface area (Å²) in [5, 5.41) is 4.53. The number of H-pyrrole nitrogens is 1. The van der Waals surface area contributed by atoms with E-state index in [4.69, 9.17) is 10.5 Å². The van der Waals surface area contributed by atoms with Crippen molar-refractivity contribution < 1.29 is 4.74 Å². The van der Waals surface area contributed by atoms with Crippen LogP contribution in [0.25, 0.3) is 10.9 Å². The Bertz CT molecular complexity index is 934. The van der Waals surface area contributed by atoms with Crippen LogP contribution in [0.4, 0.5) is 0 Å². The fraction of sp³-hybridized carbons (Fsp3) is 0.250. The van der Waals surface area contributed by atoms with Crippen molar-refractivity contribution in [1.29, 1.82) is 0 Å². The molecule has 0 bridgehead atoms. The van der Waals surface area contributed by atoms with Crippen LogP contribution in [0.2, 0.25) is 0 Å². The first-order valence-corrected chi connectivity index (χ1v) is 8.55. The second-order valence-corrected chi connectivity index (χ2v) is 6.45. The van der Waals surface area contributed by atoms with E-state index < -0.39 is 0 Å². The van der Waals surface area contributed by atoms with Gasteiger partial charge in [-0.15, -0.1) is 24.0 Å². The Labute approximate surface area is 170 Å². The lowest BCUT2D eigenvalue weighted by Gasteiger charge is -2.26. The second-order valence-electron chi connectivity index (χ2n) is 6.45. The summed E-state index contributed by atoms with van der Waals surface area (Å²) in [5.41, 5.74) is 10.7. The highest BCUT2D eigenvalue weighted by Crippen LogP contribution is 2.31. The maximum atomic E-state index is 6.12. The van der Waals surface area contributed by atoms with E-state index in [1.165, 1.54) is 5.39 Å². The molecule has 0 saturated heterocycles. The van der Waals surface area contributed by atoms with Gasteiger partial charge in [0.25, 0.3) is 0 Å². The van der Waals surface area contributed by atoms with Crippen molar-refractivity contribution in [2.75, 3.05) is 6.61 Å². The Kier molecular flexibility index (Phi) is 5.70. The van der Waals surface area contributed by atoms with Crippen LogP contribution in [-0.4, -0.2) is 17.6 Å². The van der Waals surface area contributed by atoms with Crippen LogP contribution in [0.15, 0.2) is 53.5 Å². The molecule has 136 valence electrons. The summed E-state index contributed by atoms with van der Waals surface area (Å²) in [5.74, 6) is 1.39. The summed E-state index contributed by atoms with van der Waals surface area (Å²) >= 11 is 0. The van der Waals surface area contributed by atoms with Gasteiger partial charge in [-0.05, 0) is 42.1 Å². The number of ether oxygens (including phenoxy) is 1. The van der Waals surface area contributed by atoms with Crippen LogP contribution < -0.4 is 15.8 Å². The lowest BCUT2D eigenvalue weighted by molar-refractivity contribution is 0.262. The molecule has 1 aliphatic heterocycles. The number of nitrogens with one attached hydrogen (secondary N) is 2. The number of fused-ring (bicyclic) bond motifs is 2. The number of para-hydroxylation sites is 1. The van der Waals surface area contributed by atoms with E-state index in [0.29, 0.717) is 19.1 Å². The van der Waals surface area contributed by atoms with Gasteiger partial charge in [-0.3, -0.25) is 0 Å². The van der Waals surface area contributed by atoms with Gasteiger partial charge in [-0.25, -0.2) is 4.99 Å². The van der Waals surface area contributed by atoms with Gasteiger partial charge >= 0.3 is 0 Å². The van der Waals surface area contributed by atoms with E-state index >= 15 is 0 Å². The van der Waals surface area contributed by atoms with Gasteiger partial charge in [0.05, 0.1) is 19.2 Å². The molecule has 0 spiro atoms. The zero-order valence-corrected chi connectivity index (χ0v) is 17.0. The number of hydrogen-bond acceptors (Lipinski definition) is 2. The fourth-order valence-electron chi connectivity index (χ4n) is 3.32. The molecule has 0 aliphatic carbocycles. The molecular weight excluding hydrogens is 439 g/mol. The van der Waals surface area contributed by atoms with Crippen LogP contribution in [0.5, 0.6) is 5.75 Å². The normalized spacial score (nSPS) is 16.5. The van der Waals surface area contributed by atoms with E-state index in [1.54, 1.807) is 0 Å². The maximum Gasteiger partial charge on any atom is 0.189 e. The summed E-state index contributed by atoms with van der Waals surface area (Å²) in [4.78, 5) is 7.84. The highest BCUT2D eigenvalue weighted by Gasteiger charge is 2.21. The monoisotopic (exact) mass is 462 g/mol. The number of guanidine groups is 1. The number of aromatic amines is 1. The third-order valence-corrected chi connectivity index (χ3v) is 4.53. The zero-order valence-electron chi connectivity index (χ0n) is 14.7. The number of benzene rings is 2. The minimum Gasteiger partial charge on any atom is -0.493 e. The molecule has 1 aliphatic rings. The predicted octanol–water partition coefficient (Wildman–Crippen LogP) is 4.02. The number of aryl methyl sites for hydroxylation is 1. The summed E-state index contributed by atoms with van der Waals surface area (Å²) in [6.07, 6.45) is 0.877. The standard InChI is InChI=1S/C20H22N4O.HI/c1-13-10-15-11-14(6-7-17(15)23-13)12-22-20(21)24-18-8-9-25-19-5-3-2-4-16(18)19;/h2-7,10-11,18,23H,8-9,12H2,1H3,(H3,21,22,24);1H. The molecule has 0 radical (unpaired) electrons. The molecule has 6 heteroatoms. The SMILES string of the molecule is Cc1cc2cc(CN=C(N)NC3CCOc4ccccc43)ccc2[nH]1.I. The second kappa shape index (κ2) is 7.99. The lowest BCUT2D eigenvalue weighted by Crippen LogP contribution is -2.37. The number of nitrogens with zero attached hydrogens (tertiary/aromatic N) is 1. The maximum absolute atomic E-state index is 6.12. The lowest BCUT2D eigenvalue weighted by atomic mass is 10.0. The van der Waals surface area contributed by atoms with Gasteiger partial charge in [0.2, 0.25) is 0 Å². The Morgan fingerprint density at radius 3 is 3.00 bits per heavy atom. The zero-order chi connectivity index (χ0) is 17.2. The molecule has 0 saturated carbocycles. The molecule has 3 aromatic rings. The first kappa shape index (κ1) is 18.6. The first-order chi connectivity index (χ1) is 12.2. The minimum absolute atomic E-state index is 0. The third-order valence-electron chi connectivity index (χ3n) is 4.53. The average Bonchev–Trinajstić information content (AvgIpc) is 2.99. The summed E-state index contributed by atoms with van der Waals surface area (Å²) < 4.78 is 5.68. The molecule has 2 aromatic carbocycles. The van der Waals surface area contributed by atoms with Gasteiger partial charge in [-0.2, -0.15) is 0 Å². The van der Waals surface area contributed by atoms with Gasteiger partial charge in [0.15, 0.2) is 5.96 Å². The van der Waals surface area contributed by atoms with Gasteiger partial charge in [0, 0.05) is 23.2 Å². The van der Waals surface area contributed by atoms with Crippen LogP contribution in [0.1, 0.15) is 29.3 Å².